The first-order valence-corrected chi connectivity index (χ1v) is 2.70. The number of nitrogens with two attached hydrogens (primary N) is 2. The number of hydrogen-bond donors (Lipinski definition) is 3. The average molecular weight is 145 g/mol. The first-order chi connectivity index (χ1) is 4.42. The molecule has 5 N–H and O–H groups in total. The molecule has 0 amide bonds. The van der Waals surface area contributed by atoms with E-state index in [1.807, 2.05) is 0 Å². The third-order valence-electron chi connectivity index (χ3n) is 1.31. The largest absolute Gasteiger partial charge is 0.481 e. The molecular weight excluding hydrogens is 134 g/mol. The summed E-state index contributed by atoms with van der Waals surface area (Å²) in [6, 6.07) is 0. The molecule has 0 fully saturated rings. The Kier molecular flexibility index (Phi) is 2.23. The van der Waals surface area contributed by atoms with Crippen LogP contribution < -0.4 is 11.6 Å². The number of carbonyl (C=O) groups is 1. The summed E-state index contributed by atoms with van der Waals surface area (Å²) in [5, 5.41) is 11.6. The van der Waals surface area contributed by atoms with Crippen LogP contribution in [0.2, 0.25) is 0 Å². The van der Waals surface area contributed by atoms with Crippen molar-refractivity contribution in [3.63, 3.8) is 0 Å². The molecule has 58 valence electrons. The Bertz CT molecular complexity index is 174. The van der Waals surface area contributed by atoms with Crippen LogP contribution >= 0.6 is 0 Å². The fraction of sp³-hybridized carbons (Fsp3) is 0.600. The van der Waals surface area contributed by atoms with E-state index in [0.717, 1.165) is 0 Å². The highest BCUT2D eigenvalue weighted by molar-refractivity contribution is 6.03. The van der Waals surface area contributed by atoms with Crippen molar-refractivity contribution in [3.05, 3.63) is 0 Å². The Balaban J connectivity index is 4.56. The molecule has 0 atom stereocenters. The highest BCUT2D eigenvalue weighted by Gasteiger charge is 2.31. The maximum Gasteiger partial charge on any atom is 0.316 e. The Labute approximate surface area is 58.7 Å². The number of hydrazone groups is 1. The van der Waals surface area contributed by atoms with E-state index in [1.54, 1.807) is 0 Å². The molecule has 0 aromatic carbocycles. The van der Waals surface area contributed by atoms with E-state index in [4.69, 9.17) is 16.7 Å². The summed E-state index contributed by atoms with van der Waals surface area (Å²) >= 11 is 0. The van der Waals surface area contributed by atoms with Crippen LogP contribution in [-0.4, -0.2) is 16.9 Å². The molecule has 0 aliphatic carbocycles. The smallest absolute Gasteiger partial charge is 0.316 e. The zero-order valence-electron chi connectivity index (χ0n) is 5.96. The third-order valence-corrected chi connectivity index (χ3v) is 1.31. The predicted molar refractivity (Wildman–Crippen MR) is 37.2 cm³/mol. The highest BCUT2D eigenvalue weighted by atomic mass is 16.4. The lowest BCUT2D eigenvalue weighted by molar-refractivity contribution is -0.143. The minimum absolute atomic E-state index is 0.0833. The zero-order chi connectivity index (χ0) is 8.36. The number of amidine groups is 1. The molecule has 0 radical (unpaired) electrons. The van der Waals surface area contributed by atoms with Gasteiger partial charge in [-0.3, -0.25) is 4.79 Å². The van der Waals surface area contributed by atoms with Crippen LogP contribution in [0.1, 0.15) is 13.8 Å². The standard InChI is InChI=1S/C5H11N3O2/c1-5(2,4(9)10)3(6)8-7/h7H2,1-2H3,(H2,6,8)(H,9,10). The lowest BCUT2D eigenvalue weighted by atomic mass is 9.93. The summed E-state index contributed by atoms with van der Waals surface area (Å²) in [6.07, 6.45) is 0. The number of carboxylic acid groups (broad SMARTS) is 1. The molecule has 5 heteroatoms. The van der Waals surface area contributed by atoms with Gasteiger partial charge in [-0.15, -0.1) is 0 Å². The lowest BCUT2D eigenvalue weighted by Crippen LogP contribution is -2.39. The lowest BCUT2D eigenvalue weighted by Gasteiger charge is -2.16. The van der Waals surface area contributed by atoms with Crippen LogP contribution in [0, 0.1) is 5.41 Å². The monoisotopic (exact) mass is 145 g/mol. The van der Waals surface area contributed by atoms with Crippen LogP contribution in [-0.2, 0) is 4.79 Å². The van der Waals surface area contributed by atoms with Gasteiger partial charge in [0.25, 0.3) is 0 Å². The number of aliphatic carboxylic acids is 1. The number of hydrogen-bond acceptors (Lipinski definition) is 3. The first kappa shape index (κ1) is 8.74. The maximum atomic E-state index is 10.4. The van der Waals surface area contributed by atoms with Gasteiger partial charge in [-0.2, -0.15) is 5.10 Å². The highest BCUT2D eigenvalue weighted by Crippen LogP contribution is 2.13. The van der Waals surface area contributed by atoms with E-state index in [-0.39, 0.29) is 5.84 Å². The molecule has 0 saturated heterocycles. The number of rotatable bonds is 2. The van der Waals surface area contributed by atoms with Crippen molar-refractivity contribution in [3.8, 4) is 0 Å². The molecule has 5 nitrogen and oxygen atoms in total. The Morgan fingerprint density at radius 3 is 2.10 bits per heavy atom. The van der Waals surface area contributed by atoms with Crippen LogP contribution in [0.15, 0.2) is 5.10 Å². The molecular formula is C5H11N3O2. The first-order valence-electron chi connectivity index (χ1n) is 2.70. The summed E-state index contributed by atoms with van der Waals surface area (Å²) in [4.78, 5) is 10.4. The van der Waals surface area contributed by atoms with Gasteiger partial charge in [0.1, 0.15) is 11.3 Å². The third kappa shape index (κ3) is 1.37. The fourth-order valence-electron chi connectivity index (χ4n) is 0.271. The SMILES string of the molecule is CC(C)(C(=O)O)/C(N)=N/N. The van der Waals surface area contributed by atoms with E-state index in [1.165, 1.54) is 13.8 Å². The minimum atomic E-state index is -1.17. The topological polar surface area (TPSA) is 102 Å². The second-order valence-corrected chi connectivity index (χ2v) is 2.44. The van der Waals surface area contributed by atoms with Crippen molar-refractivity contribution >= 4 is 11.8 Å². The molecule has 0 unspecified atom stereocenters. The quantitative estimate of drug-likeness (QED) is 0.207. The van der Waals surface area contributed by atoms with E-state index < -0.39 is 11.4 Å². The van der Waals surface area contributed by atoms with Gasteiger partial charge in [-0.1, -0.05) is 0 Å². The summed E-state index contributed by atoms with van der Waals surface area (Å²) in [7, 11) is 0. The molecule has 0 aromatic heterocycles. The van der Waals surface area contributed by atoms with E-state index in [9.17, 15) is 4.79 Å². The fourth-order valence-corrected chi connectivity index (χ4v) is 0.271. The molecule has 0 aromatic rings. The van der Waals surface area contributed by atoms with E-state index >= 15 is 0 Å². The molecule has 0 saturated carbocycles. The Morgan fingerprint density at radius 2 is 2.00 bits per heavy atom. The predicted octanol–water partition coefficient (Wildman–Crippen LogP) is -0.672. The van der Waals surface area contributed by atoms with Crippen molar-refractivity contribution in [2.45, 2.75) is 13.8 Å². The second-order valence-electron chi connectivity index (χ2n) is 2.44. The maximum absolute atomic E-state index is 10.4. The van der Waals surface area contributed by atoms with Gasteiger partial charge in [-0.25, -0.2) is 0 Å². The molecule has 0 spiro atoms. The normalized spacial score (nSPS) is 13.2. The summed E-state index contributed by atoms with van der Waals surface area (Å²) in [6.45, 7) is 2.86. The Hall–Kier alpha value is -1.26. The molecule has 0 bridgehead atoms. The van der Waals surface area contributed by atoms with Crippen molar-refractivity contribution in [1.82, 2.24) is 0 Å². The van der Waals surface area contributed by atoms with Gasteiger partial charge in [0, 0.05) is 0 Å². The van der Waals surface area contributed by atoms with Gasteiger partial charge >= 0.3 is 5.97 Å². The second kappa shape index (κ2) is 2.55. The Morgan fingerprint density at radius 1 is 1.60 bits per heavy atom. The van der Waals surface area contributed by atoms with Gasteiger partial charge in [0.05, 0.1) is 0 Å². The van der Waals surface area contributed by atoms with Gasteiger partial charge in [0.2, 0.25) is 0 Å². The van der Waals surface area contributed by atoms with E-state index in [2.05, 4.69) is 5.10 Å². The van der Waals surface area contributed by atoms with Crippen LogP contribution in [0.5, 0.6) is 0 Å². The van der Waals surface area contributed by atoms with E-state index in [0.29, 0.717) is 0 Å². The number of carboxylic acids is 1. The van der Waals surface area contributed by atoms with Crippen LogP contribution in [0.3, 0.4) is 0 Å². The number of nitrogens with zero attached hydrogens (tertiary/aromatic N) is 1. The molecule has 0 aliphatic rings. The van der Waals surface area contributed by atoms with Crippen LogP contribution in [0.4, 0.5) is 0 Å². The molecule has 0 rings (SSSR count). The summed E-state index contributed by atoms with van der Waals surface area (Å²) in [5.74, 6) is 3.67. The van der Waals surface area contributed by atoms with Crippen molar-refractivity contribution in [2.75, 3.05) is 0 Å². The van der Waals surface area contributed by atoms with Gasteiger partial charge in [0.15, 0.2) is 0 Å². The van der Waals surface area contributed by atoms with Crippen molar-refractivity contribution in [1.29, 1.82) is 0 Å². The zero-order valence-corrected chi connectivity index (χ0v) is 5.96. The molecule has 0 heterocycles. The van der Waals surface area contributed by atoms with Crippen molar-refractivity contribution in [2.24, 2.45) is 22.1 Å². The minimum Gasteiger partial charge on any atom is -0.481 e. The summed E-state index contributed by atoms with van der Waals surface area (Å²) in [5.41, 5.74) is 4.02. The van der Waals surface area contributed by atoms with Crippen molar-refractivity contribution < 1.29 is 9.90 Å². The molecule has 10 heavy (non-hydrogen) atoms. The molecule has 0 aliphatic heterocycles. The summed E-state index contributed by atoms with van der Waals surface area (Å²) < 4.78 is 0. The van der Waals surface area contributed by atoms with Gasteiger partial charge in [-0.05, 0) is 13.8 Å². The average Bonchev–Trinajstić information content (AvgIpc) is 1.86. The van der Waals surface area contributed by atoms with Crippen LogP contribution in [0.25, 0.3) is 0 Å². The van der Waals surface area contributed by atoms with Gasteiger partial charge < -0.3 is 16.7 Å².